The van der Waals surface area contributed by atoms with Crippen molar-refractivity contribution in [3.8, 4) is 11.5 Å². The Morgan fingerprint density at radius 1 is 1.47 bits per heavy atom. The third kappa shape index (κ3) is 3.01. The SMILES string of the molecule is CCOC(=O)C1=Cc2cc(Cl)cc(OC)c2OCC1. The van der Waals surface area contributed by atoms with E-state index in [-0.39, 0.29) is 5.97 Å². The third-order valence-electron chi connectivity index (χ3n) is 2.75. The number of fused-ring (bicyclic) bond motifs is 1. The fourth-order valence-corrected chi connectivity index (χ4v) is 2.13. The van der Waals surface area contributed by atoms with E-state index >= 15 is 0 Å². The number of rotatable bonds is 3. The molecule has 0 bridgehead atoms. The standard InChI is InChI=1S/C14H15ClO4/c1-3-18-14(16)9-4-5-19-13-10(6-9)7-11(15)8-12(13)17-2/h6-8H,3-5H2,1-2H3. The maximum absolute atomic E-state index is 11.8. The molecule has 0 saturated carbocycles. The van der Waals surface area contributed by atoms with E-state index in [0.717, 1.165) is 5.56 Å². The predicted molar refractivity (Wildman–Crippen MR) is 72.7 cm³/mol. The molecule has 0 N–H and O–H groups in total. The van der Waals surface area contributed by atoms with E-state index in [0.29, 0.717) is 41.7 Å². The zero-order chi connectivity index (χ0) is 13.8. The summed E-state index contributed by atoms with van der Waals surface area (Å²) < 4.78 is 15.9. The molecule has 1 aliphatic rings. The second kappa shape index (κ2) is 5.97. The van der Waals surface area contributed by atoms with Crippen molar-refractivity contribution in [2.75, 3.05) is 20.3 Å². The fourth-order valence-electron chi connectivity index (χ4n) is 1.91. The van der Waals surface area contributed by atoms with Crippen LogP contribution in [0.5, 0.6) is 11.5 Å². The smallest absolute Gasteiger partial charge is 0.334 e. The van der Waals surface area contributed by atoms with Gasteiger partial charge in [0.15, 0.2) is 11.5 Å². The van der Waals surface area contributed by atoms with Gasteiger partial charge in [0, 0.05) is 28.6 Å². The van der Waals surface area contributed by atoms with Gasteiger partial charge in [0.05, 0.1) is 20.3 Å². The van der Waals surface area contributed by atoms with Crippen molar-refractivity contribution in [2.24, 2.45) is 0 Å². The number of hydrogen-bond donors (Lipinski definition) is 0. The number of carbonyl (C=O) groups is 1. The average Bonchev–Trinajstić information content (AvgIpc) is 2.60. The molecule has 102 valence electrons. The van der Waals surface area contributed by atoms with Crippen LogP contribution in [-0.2, 0) is 9.53 Å². The van der Waals surface area contributed by atoms with Gasteiger partial charge in [-0.25, -0.2) is 4.79 Å². The summed E-state index contributed by atoms with van der Waals surface area (Å²) in [5.74, 6) is 0.841. The van der Waals surface area contributed by atoms with Crippen LogP contribution in [-0.4, -0.2) is 26.3 Å². The van der Waals surface area contributed by atoms with E-state index in [2.05, 4.69) is 0 Å². The number of esters is 1. The molecule has 0 amide bonds. The maximum Gasteiger partial charge on any atom is 0.334 e. The van der Waals surface area contributed by atoms with Gasteiger partial charge in [-0.05, 0) is 19.1 Å². The highest BCUT2D eigenvalue weighted by molar-refractivity contribution is 6.31. The van der Waals surface area contributed by atoms with E-state index in [1.54, 1.807) is 32.2 Å². The van der Waals surface area contributed by atoms with Gasteiger partial charge in [-0.1, -0.05) is 11.6 Å². The molecule has 0 aromatic heterocycles. The number of halogens is 1. The molecule has 0 unspecified atom stereocenters. The second-order valence-corrected chi connectivity index (χ2v) is 4.45. The molecule has 1 aromatic carbocycles. The number of benzene rings is 1. The van der Waals surface area contributed by atoms with E-state index in [4.69, 9.17) is 25.8 Å². The lowest BCUT2D eigenvalue weighted by Crippen LogP contribution is -2.09. The van der Waals surface area contributed by atoms with E-state index in [9.17, 15) is 4.79 Å². The number of carbonyl (C=O) groups excluding carboxylic acids is 1. The first-order valence-corrected chi connectivity index (χ1v) is 6.41. The van der Waals surface area contributed by atoms with Crippen LogP contribution in [0.1, 0.15) is 18.9 Å². The Balaban J connectivity index is 2.44. The molecular formula is C14H15ClO4. The summed E-state index contributed by atoms with van der Waals surface area (Å²) in [5.41, 5.74) is 1.30. The highest BCUT2D eigenvalue weighted by atomic mass is 35.5. The monoisotopic (exact) mass is 282 g/mol. The van der Waals surface area contributed by atoms with E-state index < -0.39 is 0 Å². The Hall–Kier alpha value is -1.68. The molecule has 0 fully saturated rings. The summed E-state index contributed by atoms with van der Waals surface area (Å²) in [7, 11) is 1.55. The van der Waals surface area contributed by atoms with Crippen LogP contribution in [0.4, 0.5) is 0 Å². The Morgan fingerprint density at radius 2 is 2.26 bits per heavy atom. The van der Waals surface area contributed by atoms with Gasteiger partial charge >= 0.3 is 5.97 Å². The fraction of sp³-hybridized carbons (Fsp3) is 0.357. The molecule has 5 heteroatoms. The van der Waals surface area contributed by atoms with Crippen LogP contribution in [0.3, 0.4) is 0 Å². The molecule has 0 saturated heterocycles. The van der Waals surface area contributed by atoms with Crippen LogP contribution in [0.15, 0.2) is 17.7 Å². The Morgan fingerprint density at radius 3 is 2.95 bits per heavy atom. The molecular weight excluding hydrogens is 268 g/mol. The molecule has 1 aromatic rings. The number of methoxy groups -OCH3 is 1. The molecule has 2 rings (SSSR count). The lowest BCUT2D eigenvalue weighted by atomic mass is 10.1. The predicted octanol–water partition coefficient (Wildman–Crippen LogP) is 3.08. The Kier molecular flexibility index (Phi) is 4.32. The molecule has 1 heterocycles. The summed E-state index contributed by atoms with van der Waals surface area (Å²) in [6, 6.07) is 3.42. The zero-order valence-corrected chi connectivity index (χ0v) is 11.6. The van der Waals surface area contributed by atoms with Crippen LogP contribution >= 0.6 is 11.6 Å². The normalized spacial score (nSPS) is 13.7. The Labute approximate surface area is 116 Å². The van der Waals surface area contributed by atoms with E-state index in [1.165, 1.54) is 0 Å². The maximum atomic E-state index is 11.8. The van der Waals surface area contributed by atoms with Gasteiger partial charge in [-0.2, -0.15) is 0 Å². The Bertz CT molecular complexity index is 522. The highest BCUT2D eigenvalue weighted by Crippen LogP contribution is 2.37. The van der Waals surface area contributed by atoms with Crippen LogP contribution < -0.4 is 9.47 Å². The van der Waals surface area contributed by atoms with Crippen molar-refractivity contribution in [2.45, 2.75) is 13.3 Å². The largest absolute Gasteiger partial charge is 0.493 e. The van der Waals surface area contributed by atoms with Crippen molar-refractivity contribution >= 4 is 23.6 Å². The number of hydrogen-bond acceptors (Lipinski definition) is 4. The molecule has 0 atom stereocenters. The van der Waals surface area contributed by atoms with Gasteiger partial charge < -0.3 is 14.2 Å². The van der Waals surface area contributed by atoms with Crippen LogP contribution in [0.25, 0.3) is 6.08 Å². The minimum Gasteiger partial charge on any atom is -0.493 e. The summed E-state index contributed by atoms with van der Waals surface area (Å²) in [4.78, 5) is 11.8. The first-order chi connectivity index (χ1) is 9.15. The summed E-state index contributed by atoms with van der Waals surface area (Å²) in [6.45, 7) is 2.53. The zero-order valence-electron chi connectivity index (χ0n) is 10.9. The molecule has 1 aliphatic heterocycles. The van der Waals surface area contributed by atoms with Gasteiger partial charge in [0.1, 0.15) is 0 Å². The summed E-state index contributed by atoms with van der Waals surface area (Å²) in [6.07, 6.45) is 2.24. The third-order valence-corrected chi connectivity index (χ3v) is 2.97. The molecule has 0 spiro atoms. The molecule has 0 aliphatic carbocycles. The van der Waals surface area contributed by atoms with Gasteiger partial charge in [0.2, 0.25) is 0 Å². The van der Waals surface area contributed by atoms with Gasteiger partial charge in [-0.15, -0.1) is 0 Å². The molecule has 4 nitrogen and oxygen atoms in total. The molecule has 0 radical (unpaired) electrons. The van der Waals surface area contributed by atoms with Crippen LogP contribution in [0.2, 0.25) is 5.02 Å². The summed E-state index contributed by atoms with van der Waals surface area (Å²) >= 11 is 6.02. The highest BCUT2D eigenvalue weighted by Gasteiger charge is 2.19. The second-order valence-electron chi connectivity index (χ2n) is 4.01. The van der Waals surface area contributed by atoms with Crippen molar-refractivity contribution in [3.63, 3.8) is 0 Å². The lowest BCUT2D eigenvalue weighted by molar-refractivity contribution is -0.138. The van der Waals surface area contributed by atoms with E-state index in [1.807, 2.05) is 0 Å². The van der Waals surface area contributed by atoms with Crippen LogP contribution in [0, 0.1) is 0 Å². The van der Waals surface area contributed by atoms with Gasteiger partial charge in [0.25, 0.3) is 0 Å². The number of ether oxygens (including phenoxy) is 3. The minimum absolute atomic E-state index is 0.321. The average molecular weight is 283 g/mol. The molecule has 19 heavy (non-hydrogen) atoms. The summed E-state index contributed by atoms with van der Waals surface area (Å²) in [5, 5.41) is 0.528. The van der Waals surface area contributed by atoms with Crippen molar-refractivity contribution in [3.05, 3.63) is 28.3 Å². The topological polar surface area (TPSA) is 44.8 Å². The quantitative estimate of drug-likeness (QED) is 0.799. The minimum atomic E-state index is -0.321. The van der Waals surface area contributed by atoms with Crippen molar-refractivity contribution in [1.82, 2.24) is 0 Å². The van der Waals surface area contributed by atoms with Crippen molar-refractivity contribution in [1.29, 1.82) is 0 Å². The lowest BCUT2D eigenvalue weighted by Gasteiger charge is -2.11. The van der Waals surface area contributed by atoms with Crippen molar-refractivity contribution < 1.29 is 19.0 Å². The first kappa shape index (κ1) is 13.7. The first-order valence-electron chi connectivity index (χ1n) is 6.03. The van der Waals surface area contributed by atoms with Gasteiger partial charge in [-0.3, -0.25) is 0 Å².